The van der Waals surface area contributed by atoms with E-state index in [1.165, 1.54) is 65.8 Å². The Kier molecular flexibility index (Phi) is 6.02. The molecule has 0 spiro atoms. The van der Waals surface area contributed by atoms with Crippen molar-refractivity contribution < 1.29 is 0 Å². The summed E-state index contributed by atoms with van der Waals surface area (Å²) in [5.74, 6) is 0. The minimum atomic E-state index is 1.01. The van der Waals surface area contributed by atoms with Crippen molar-refractivity contribution in [2.45, 2.75) is 0 Å². The normalized spacial score (nSPS) is 12.1. The lowest BCUT2D eigenvalue weighted by atomic mass is 10.0. The Morgan fingerprint density at radius 2 is 0.963 bits per heavy atom. The van der Waals surface area contributed by atoms with Gasteiger partial charge in [0.25, 0.3) is 0 Å². The second-order valence-corrected chi connectivity index (χ2v) is 14.2. The summed E-state index contributed by atoms with van der Waals surface area (Å²) in [7, 11) is 0. The highest BCUT2D eigenvalue weighted by Gasteiger charge is 2.24. The van der Waals surface area contributed by atoms with Crippen LogP contribution in [-0.4, -0.2) is 19.1 Å². The van der Waals surface area contributed by atoms with Crippen LogP contribution in [-0.2, 0) is 0 Å². The maximum Gasteiger partial charge on any atom is 0.0789 e. The van der Waals surface area contributed by atoms with Gasteiger partial charge in [0.2, 0.25) is 0 Å². The van der Waals surface area contributed by atoms with Crippen LogP contribution in [0.25, 0.3) is 111 Å². The first-order chi connectivity index (χ1) is 26.8. The zero-order chi connectivity index (χ0) is 35.3. The fraction of sp³-hybridized carbons (Fsp3) is 0. The summed E-state index contributed by atoms with van der Waals surface area (Å²) in [4.78, 5) is 9.72. The Bertz CT molecular complexity index is 3330. The predicted molar refractivity (Wildman–Crippen MR) is 224 cm³/mol. The van der Waals surface area contributed by atoms with E-state index in [0.717, 1.165) is 44.7 Å². The van der Waals surface area contributed by atoms with Crippen LogP contribution in [0.3, 0.4) is 0 Å². The number of hydrogen-bond donors (Lipinski definition) is 0. The van der Waals surface area contributed by atoms with Crippen LogP contribution in [0.1, 0.15) is 0 Å². The number of nitrogens with zero attached hydrogens (tertiary/aromatic N) is 4. The number of aromatic nitrogens is 4. The van der Waals surface area contributed by atoms with Crippen LogP contribution in [0.2, 0.25) is 0 Å². The summed E-state index contributed by atoms with van der Waals surface area (Å²) >= 11 is 0. The summed E-state index contributed by atoms with van der Waals surface area (Å²) in [6.45, 7) is 0. The monoisotopic (exact) mass is 686 g/mol. The van der Waals surface area contributed by atoms with E-state index in [0.29, 0.717) is 0 Å². The van der Waals surface area contributed by atoms with Crippen LogP contribution < -0.4 is 0 Å². The molecule has 250 valence electrons. The van der Waals surface area contributed by atoms with Crippen molar-refractivity contribution in [1.82, 2.24) is 19.1 Å². The Morgan fingerprint density at radius 3 is 1.70 bits per heavy atom. The molecule has 0 amide bonds. The van der Waals surface area contributed by atoms with Gasteiger partial charge in [0.05, 0.1) is 45.2 Å². The summed E-state index contributed by atoms with van der Waals surface area (Å²) in [6, 6.07) is 61.5. The molecule has 1 aliphatic rings. The van der Waals surface area contributed by atoms with Gasteiger partial charge in [-0.3, -0.25) is 9.97 Å². The van der Waals surface area contributed by atoms with Crippen LogP contribution in [0.15, 0.2) is 182 Å². The highest BCUT2D eigenvalue weighted by molar-refractivity contribution is 6.15. The fourth-order valence-corrected chi connectivity index (χ4v) is 8.94. The highest BCUT2D eigenvalue weighted by Crippen LogP contribution is 2.47. The van der Waals surface area contributed by atoms with Gasteiger partial charge in [-0.1, -0.05) is 103 Å². The van der Waals surface area contributed by atoms with Gasteiger partial charge in [-0.05, 0) is 94.5 Å². The van der Waals surface area contributed by atoms with Crippen molar-refractivity contribution >= 4 is 54.5 Å². The summed E-state index contributed by atoms with van der Waals surface area (Å²) in [5.41, 5.74) is 17.3. The SMILES string of the molecule is c1ccc(-c2cccc(-n3c4ccccc4c4cc(-c5ccc6c(c5)c5ccccc5n6-c5cnc6c(c5)-c5cccc7nccc-6c57)ccc43)c2)cc1. The van der Waals surface area contributed by atoms with Crippen LogP contribution in [0.5, 0.6) is 0 Å². The molecular weight excluding hydrogens is 657 g/mol. The molecule has 1 aliphatic carbocycles. The predicted octanol–water partition coefficient (Wildman–Crippen LogP) is 12.8. The molecule has 0 fully saturated rings. The van der Waals surface area contributed by atoms with E-state index in [1.807, 2.05) is 12.4 Å². The first-order valence-corrected chi connectivity index (χ1v) is 18.4. The van der Waals surface area contributed by atoms with Gasteiger partial charge < -0.3 is 9.13 Å². The largest absolute Gasteiger partial charge is 0.309 e. The van der Waals surface area contributed by atoms with Crippen molar-refractivity contribution in [2.24, 2.45) is 0 Å². The summed E-state index contributed by atoms with van der Waals surface area (Å²) in [6.07, 6.45) is 3.91. The third-order valence-corrected chi connectivity index (χ3v) is 11.3. The van der Waals surface area contributed by atoms with E-state index in [2.05, 4.69) is 184 Å². The summed E-state index contributed by atoms with van der Waals surface area (Å²) < 4.78 is 4.77. The zero-order valence-corrected chi connectivity index (χ0v) is 29.1. The third-order valence-electron chi connectivity index (χ3n) is 11.3. The molecule has 0 radical (unpaired) electrons. The number of para-hydroxylation sites is 2. The maximum absolute atomic E-state index is 5.08. The molecule has 0 saturated heterocycles. The van der Waals surface area contributed by atoms with E-state index in [1.54, 1.807) is 0 Å². The molecule has 7 aromatic carbocycles. The molecule has 4 aromatic heterocycles. The Morgan fingerprint density at radius 1 is 0.352 bits per heavy atom. The van der Waals surface area contributed by atoms with Gasteiger partial charge in [0, 0.05) is 49.9 Å². The smallest absolute Gasteiger partial charge is 0.0789 e. The van der Waals surface area contributed by atoms with E-state index < -0.39 is 0 Å². The maximum atomic E-state index is 5.08. The average molecular weight is 687 g/mol. The first-order valence-electron chi connectivity index (χ1n) is 18.4. The molecule has 0 atom stereocenters. The molecule has 0 unspecified atom stereocenters. The standard InChI is InChI=1S/C50H30N4/c1-2-10-31(11-3-1)32-12-8-13-35(26-32)53-45-18-6-4-14-37(45)41-27-33(20-22-47(41)53)34-21-23-48-42(28-34)38-15-5-7-19-46(38)54(48)36-29-43-39-16-9-17-44-49(39)40(24-25-51-44)50(43)52-30-36/h1-30H. The van der Waals surface area contributed by atoms with Crippen molar-refractivity contribution in [3.63, 3.8) is 0 Å². The molecule has 0 bridgehead atoms. The zero-order valence-electron chi connectivity index (χ0n) is 29.1. The van der Waals surface area contributed by atoms with Gasteiger partial charge in [0.15, 0.2) is 0 Å². The molecule has 0 aliphatic heterocycles. The van der Waals surface area contributed by atoms with Crippen LogP contribution in [0.4, 0.5) is 0 Å². The van der Waals surface area contributed by atoms with Gasteiger partial charge in [-0.15, -0.1) is 0 Å². The van der Waals surface area contributed by atoms with Crippen LogP contribution >= 0.6 is 0 Å². The lowest BCUT2D eigenvalue weighted by Crippen LogP contribution is -1.96. The number of pyridine rings is 2. The molecule has 4 nitrogen and oxygen atoms in total. The molecule has 0 saturated carbocycles. The van der Waals surface area contributed by atoms with Gasteiger partial charge >= 0.3 is 0 Å². The van der Waals surface area contributed by atoms with Gasteiger partial charge in [-0.25, -0.2) is 0 Å². The molecule has 4 heterocycles. The lowest BCUT2D eigenvalue weighted by molar-refractivity contribution is 1.15. The molecule has 0 N–H and O–H groups in total. The van der Waals surface area contributed by atoms with Crippen molar-refractivity contribution in [3.05, 3.63) is 182 Å². The second-order valence-electron chi connectivity index (χ2n) is 14.2. The van der Waals surface area contributed by atoms with Crippen molar-refractivity contribution in [1.29, 1.82) is 0 Å². The summed E-state index contributed by atoms with van der Waals surface area (Å²) in [5, 5.41) is 6.12. The van der Waals surface area contributed by atoms with Crippen LogP contribution in [0, 0.1) is 0 Å². The number of fused-ring (bicyclic) bond motifs is 9. The van der Waals surface area contributed by atoms with E-state index >= 15 is 0 Å². The Hall–Kier alpha value is -7.30. The van der Waals surface area contributed by atoms with E-state index in [9.17, 15) is 0 Å². The van der Waals surface area contributed by atoms with Crippen molar-refractivity contribution in [3.8, 4) is 56.0 Å². The van der Waals surface area contributed by atoms with Crippen molar-refractivity contribution in [2.75, 3.05) is 0 Å². The second kappa shape index (κ2) is 11.1. The highest BCUT2D eigenvalue weighted by atomic mass is 15.0. The first kappa shape index (κ1) is 29.3. The molecule has 4 heteroatoms. The lowest BCUT2D eigenvalue weighted by Gasteiger charge is -2.11. The Labute approximate surface area is 310 Å². The Balaban J connectivity index is 1.01. The third kappa shape index (κ3) is 4.13. The van der Waals surface area contributed by atoms with E-state index in [4.69, 9.17) is 4.98 Å². The minimum absolute atomic E-state index is 1.01. The topological polar surface area (TPSA) is 35.6 Å². The molecule has 54 heavy (non-hydrogen) atoms. The molecule has 12 rings (SSSR count). The average Bonchev–Trinajstić information content (AvgIpc) is 3.87. The fourth-order valence-electron chi connectivity index (χ4n) is 8.94. The molecular formula is C50H30N4. The van der Waals surface area contributed by atoms with E-state index in [-0.39, 0.29) is 0 Å². The number of hydrogen-bond acceptors (Lipinski definition) is 2. The number of rotatable bonds is 4. The number of benzene rings is 7. The molecule has 11 aromatic rings. The quantitative estimate of drug-likeness (QED) is 0.185. The van der Waals surface area contributed by atoms with Gasteiger partial charge in [0.1, 0.15) is 0 Å². The minimum Gasteiger partial charge on any atom is -0.309 e. The van der Waals surface area contributed by atoms with Gasteiger partial charge in [-0.2, -0.15) is 0 Å².